The molecule has 0 radical (unpaired) electrons. The van der Waals surface area contributed by atoms with Gasteiger partial charge in [0.2, 0.25) is 10.0 Å². The smallest absolute Gasteiger partial charge is 0.243 e. The van der Waals surface area contributed by atoms with Crippen LogP contribution in [0.4, 0.5) is 5.69 Å². The first-order chi connectivity index (χ1) is 21.8. The van der Waals surface area contributed by atoms with E-state index in [9.17, 15) is 8.42 Å². The van der Waals surface area contributed by atoms with Crippen LogP contribution in [0.5, 0.6) is 11.5 Å². The minimum Gasteiger partial charge on any atom is -0.497 e. The van der Waals surface area contributed by atoms with Crippen LogP contribution in [0.25, 0.3) is 0 Å². The number of ether oxygens (including phenoxy) is 5. The molecule has 2 aliphatic heterocycles. The van der Waals surface area contributed by atoms with Gasteiger partial charge in [0.25, 0.3) is 0 Å². The minimum absolute atomic E-state index is 0.0478. The minimum atomic E-state index is -3.83. The molecule has 240 valence electrons. The molecule has 0 spiro atoms. The van der Waals surface area contributed by atoms with Crippen molar-refractivity contribution in [3.8, 4) is 23.8 Å². The standard InChI is InChI=1S/C35H42N2O7S/c1-5-19-42-33-23-37(45(38,39)30-14-7-26(2)8-15-30)24-34(35(33)28-10-12-29(41-4)13-11-28)44-25-27-9-16-32-31(22-27)36(18-21-43-32)17-6-20-40-3/h1,7-16,22,33-35H,6,17-21,23-25H2,2-4H3/t33-,34+,35-/m1/s1. The number of terminal acetylenes is 1. The number of hydrogen-bond acceptors (Lipinski definition) is 8. The Labute approximate surface area is 267 Å². The average molecular weight is 635 g/mol. The van der Waals surface area contributed by atoms with E-state index < -0.39 is 22.2 Å². The molecule has 3 aromatic carbocycles. The fraction of sp³-hybridized carbons (Fsp3) is 0.429. The normalized spacial score (nSPS) is 20.2. The van der Waals surface area contributed by atoms with Crippen LogP contribution in [-0.2, 0) is 30.8 Å². The summed E-state index contributed by atoms with van der Waals surface area (Å²) < 4.78 is 58.7. The van der Waals surface area contributed by atoms with Gasteiger partial charge in [-0.25, -0.2) is 8.42 Å². The second-order valence-electron chi connectivity index (χ2n) is 11.3. The van der Waals surface area contributed by atoms with Gasteiger partial charge in [-0.1, -0.05) is 41.8 Å². The van der Waals surface area contributed by atoms with Gasteiger partial charge in [0.15, 0.2) is 0 Å². The monoisotopic (exact) mass is 634 g/mol. The third-order valence-electron chi connectivity index (χ3n) is 8.33. The van der Waals surface area contributed by atoms with E-state index in [-0.39, 0.29) is 37.1 Å². The lowest BCUT2D eigenvalue weighted by molar-refractivity contribution is -0.0723. The van der Waals surface area contributed by atoms with Crippen molar-refractivity contribution in [1.29, 1.82) is 0 Å². The quantitative estimate of drug-likeness (QED) is 0.199. The van der Waals surface area contributed by atoms with Crippen molar-refractivity contribution >= 4 is 15.7 Å². The van der Waals surface area contributed by atoms with Crippen molar-refractivity contribution < 1.29 is 32.1 Å². The lowest BCUT2D eigenvalue weighted by Gasteiger charge is -2.43. The van der Waals surface area contributed by atoms with Crippen LogP contribution < -0.4 is 14.4 Å². The van der Waals surface area contributed by atoms with E-state index in [1.54, 1.807) is 38.5 Å². The molecule has 0 unspecified atom stereocenters. The Balaban J connectivity index is 1.45. The molecule has 1 fully saturated rings. The summed E-state index contributed by atoms with van der Waals surface area (Å²) in [5.41, 5.74) is 3.92. The predicted molar refractivity (Wildman–Crippen MR) is 173 cm³/mol. The predicted octanol–water partition coefficient (Wildman–Crippen LogP) is 4.63. The van der Waals surface area contributed by atoms with Crippen LogP contribution in [0, 0.1) is 19.3 Å². The Morgan fingerprint density at radius 1 is 0.978 bits per heavy atom. The maximum absolute atomic E-state index is 13.9. The fourth-order valence-corrected chi connectivity index (χ4v) is 7.43. The first kappa shape index (κ1) is 32.8. The topological polar surface area (TPSA) is 86.8 Å². The van der Waals surface area contributed by atoms with Gasteiger partial charge in [0.05, 0.1) is 43.1 Å². The molecule has 9 nitrogen and oxygen atoms in total. The van der Waals surface area contributed by atoms with Gasteiger partial charge >= 0.3 is 0 Å². The summed E-state index contributed by atoms with van der Waals surface area (Å²) in [4.78, 5) is 2.54. The van der Waals surface area contributed by atoms with Gasteiger partial charge in [0.1, 0.15) is 24.7 Å². The van der Waals surface area contributed by atoms with Crippen LogP contribution in [0.15, 0.2) is 71.6 Å². The van der Waals surface area contributed by atoms with E-state index in [0.29, 0.717) is 13.2 Å². The molecule has 0 N–H and O–H groups in total. The van der Waals surface area contributed by atoms with Crippen molar-refractivity contribution in [3.05, 3.63) is 83.4 Å². The van der Waals surface area contributed by atoms with Crippen LogP contribution in [0.3, 0.4) is 0 Å². The van der Waals surface area contributed by atoms with E-state index in [4.69, 9.17) is 30.1 Å². The zero-order valence-corrected chi connectivity index (χ0v) is 27.0. The number of anilines is 1. The molecule has 1 saturated heterocycles. The number of benzene rings is 3. The van der Waals surface area contributed by atoms with Gasteiger partial charge in [-0.3, -0.25) is 0 Å². The summed E-state index contributed by atoms with van der Waals surface area (Å²) in [5.74, 6) is 3.83. The Morgan fingerprint density at radius 2 is 1.71 bits per heavy atom. The van der Waals surface area contributed by atoms with Crippen molar-refractivity contribution in [2.24, 2.45) is 0 Å². The van der Waals surface area contributed by atoms with Gasteiger partial charge in [-0.2, -0.15) is 4.31 Å². The Morgan fingerprint density at radius 3 is 2.40 bits per heavy atom. The van der Waals surface area contributed by atoms with Gasteiger partial charge in [0, 0.05) is 39.3 Å². The molecule has 5 rings (SSSR count). The molecule has 2 heterocycles. The molecule has 3 atom stereocenters. The summed E-state index contributed by atoms with van der Waals surface area (Å²) in [6.07, 6.45) is 5.43. The first-order valence-electron chi connectivity index (χ1n) is 15.2. The number of fused-ring (bicyclic) bond motifs is 1. The van der Waals surface area contributed by atoms with Crippen LogP contribution in [-0.4, -0.2) is 85.2 Å². The lowest BCUT2D eigenvalue weighted by atomic mass is 9.85. The van der Waals surface area contributed by atoms with Crippen molar-refractivity contribution in [2.45, 2.75) is 43.0 Å². The van der Waals surface area contributed by atoms with E-state index in [0.717, 1.165) is 53.4 Å². The maximum atomic E-state index is 13.9. The largest absolute Gasteiger partial charge is 0.497 e. The second kappa shape index (κ2) is 15.1. The molecule has 45 heavy (non-hydrogen) atoms. The lowest BCUT2D eigenvalue weighted by Crippen LogP contribution is -2.54. The van der Waals surface area contributed by atoms with Gasteiger partial charge < -0.3 is 28.6 Å². The Kier molecular flexibility index (Phi) is 11.0. The SMILES string of the molecule is C#CCO[C@@H]1CN(S(=O)(=O)c2ccc(C)cc2)C[C@H](OCc2ccc3c(c2)N(CCCOC)CCO3)[C@@H]1c1ccc(OC)cc1. The highest BCUT2D eigenvalue weighted by Gasteiger charge is 2.43. The zero-order valence-electron chi connectivity index (χ0n) is 26.2. The Bertz CT molecular complexity index is 1550. The number of rotatable bonds is 13. The number of piperidine rings is 1. The van der Waals surface area contributed by atoms with E-state index in [1.165, 1.54) is 4.31 Å². The summed E-state index contributed by atoms with van der Waals surface area (Å²) in [6, 6.07) is 20.7. The highest BCUT2D eigenvalue weighted by atomic mass is 32.2. The van der Waals surface area contributed by atoms with Crippen LogP contribution in [0.1, 0.15) is 29.0 Å². The molecule has 0 bridgehead atoms. The van der Waals surface area contributed by atoms with Crippen LogP contribution in [0.2, 0.25) is 0 Å². The summed E-state index contributed by atoms with van der Waals surface area (Å²) >= 11 is 0. The van der Waals surface area contributed by atoms with Gasteiger partial charge in [-0.05, 0) is 60.9 Å². The fourth-order valence-electron chi connectivity index (χ4n) is 5.96. The summed E-state index contributed by atoms with van der Waals surface area (Å²) in [6.45, 7) is 5.51. The number of methoxy groups -OCH3 is 2. The number of aryl methyl sites for hydroxylation is 1. The maximum Gasteiger partial charge on any atom is 0.243 e. The third-order valence-corrected chi connectivity index (χ3v) is 10.2. The molecule has 0 aromatic heterocycles. The first-order valence-corrected chi connectivity index (χ1v) is 16.6. The molecule has 2 aliphatic rings. The highest BCUT2D eigenvalue weighted by Crippen LogP contribution is 2.37. The number of nitrogens with zero attached hydrogens (tertiary/aromatic N) is 2. The summed E-state index contributed by atoms with van der Waals surface area (Å²) in [5, 5.41) is 0. The van der Waals surface area contributed by atoms with Crippen molar-refractivity contribution in [3.63, 3.8) is 0 Å². The molecule has 0 aliphatic carbocycles. The average Bonchev–Trinajstić information content (AvgIpc) is 3.06. The highest BCUT2D eigenvalue weighted by molar-refractivity contribution is 7.89. The molecular weight excluding hydrogens is 592 g/mol. The third kappa shape index (κ3) is 7.80. The van der Waals surface area contributed by atoms with E-state index in [2.05, 4.69) is 16.9 Å². The molecule has 0 saturated carbocycles. The van der Waals surface area contributed by atoms with Crippen LogP contribution >= 0.6 is 0 Å². The molecule has 3 aromatic rings. The zero-order chi connectivity index (χ0) is 31.8. The number of hydrogen-bond donors (Lipinski definition) is 0. The van der Waals surface area contributed by atoms with E-state index >= 15 is 0 Å². The second-order valence-corrected chi connectivity index (χ2v) is 13.3. The molecule has 10 heteroatoms. The van der Waals surface area contributed by atoms with E-state index in [1.807, 2.05) is 43.3 Å². The number of sulfonamides is 1. The van der Waals surface area contributed by atoms with Gasteiger partial charge in [-0.15, -0.1) is 6.42 Å². The van der Waals surface area contributed by atoms with Crippen molar-refractivity contribution in [2.75, 3.05) is 65.1 Å². The molecular formula is C35H42N2O7S. The Hall–Kier alpha value is -3.59. The summed E-state index contributed by atoms with van der Waals surface area (Å²) in [7, 11) is -0.499. The van der Waals surface area contributed by atoms with Crippen molar-refractivity contribution in [1.82, 2.24) is 4.31 Å². The molecule has 0 amide bonds.